The van der Waals surface area contributed by atoms with Gasteiger partial charge in [-0.25, -0.2) is 0 Å². The van der Waals surface area contributed by atoms with Crippen molar-refractivity contribution in [2.45, 2.75) is 39.3 Å². The van der Waals surface area contributed by atoms with Crippen molar-refractivity contribution < 1.29 is 14.6 Å². The van der Waals surface area contributed by atoms with E-state index in [1.54, 1.807) is 0 Å². The molecule has 1 aliphatic rings. The second-order valence-corrected chi connectivity index (χ2v) is 5.38. The molecule has 5 heteroatoms. The van der Waals surface area contributed by atoms with Crippen LogP contribution in [0.2, 0.25) is 5.02 Å². The first-order valence-electron chi connectivity index (χ1n) is 7.12. The first-order valence-corrected chi connectivity index (χ1v) is 7.50. The van der Waals surface area contributed by atoms with Gasteiger partial charge in [0.05, 0.1) is 11.6 Å². The minimum Gasteiger partial charge on any atom is -0.454 e. The molecule has 0 aromatic heterocycles. The monoisotopic (exact) mass is 299 g/mol. The number of aliphatic hydroxyl groups excluding tert-OH is 1. The minimum atomic E-state index is 0.161. The average Bonchev–Trinajstić information content (AvgIpc) is 2.89. The van der Waals surface area contributed by atoms with E-state index in [1.807, 2.05) is 12.1 Å². The fourth-order valence-corrected chi connectivity index (χ4v) is 2.96. The van der Waals surface area contributed by atoms with Crippen molar-refractivity contribution in [3.05, 3.63) is 22.7 Å². The largest absolute Gasteiger partial charge is 0.454 e. The van der Waals surface area contributed by atoms with E-state index in [-0.39, 0.29) is 13.4 Å². The Kier molecular flexibility index (Phi) is 5.52. The number of rotatable bonds is 7. The first kappa shape index (κ1) is 15.4. The lowest BCUT2D eigenvalue weighted by molar-refractivity contribution is 0.136. The molecule has 1 aromatic carbocycles. The summed E-state index contributed by atoms with van der Waals surface area (Å²) in [6, 6.07) is 4.36. The summed E-state index contributed by atoms with van der Waals surface area (Å²) >= 11 is 6.21. The lowest BCUT2D eigenvalue weighted by atomic mass is 10.1. The number of hydrogen-bond donors (Lipinski definition) is 1. The van der Waals surface area contributed by atoms with E-state index >= 15 is 0 Å². The van der Waals surface area contributed by atoms with Gasteiger partial charge in [-0.05, 0) is 30.5 Å². The van der Waals surface area contributed by atoms with Crippen LogP contribution in [-0.2, 0) is 6.54 Å². The molecule has 0 aliphatic carbocycles. The standard InChI is InChI=1S/C15H22ClNO3/c1-3-12(4-2)17(5-6-18)9-11-7-13(16)15-14(8-11)19-10-20-15/h7-8,12,18H,3-6,9-10H2,1-2H3. The van der Waals surface area contributed by atoms with Gasteiger partial charge in [-0.3, -0.25) is 4.90 Å². The molecule has 0 fully saturated rings. The van der Waals surface area contributed by atoms with Crippen molar-refractivity contribution in [1.29, 1.82) is 0 Å². The van der Waals surface area contributed by atoms with Crippen molar-refractivity contribution in [3.8, 4) is 11.5 Å². The molecule has 0 saturated carbocycles. The van der Waals surface area contributed by atoms with Gasteiger partial charge in [0.1, 0.15) is 0 Å². The summed E-state index contributed by atoms with van der Waals surface area (Å²) in [5.41, 5.74) is 1.08. The molecule has 1 heterocycles. The molecule has 0 radical (unpaired) electrons. The molecular formula is C15H22ClNO3. The van der Waals surface area contributed by atoms with Gasteiger partial charge in [0.15, 0.2) is 11.5 Å². The molecule has 4 nitrogen and oxygen atoms in total. The van der Waals surface area contributed by atoms with E-state index in [1.165, 1.54) is 0 Å². The van der Waals surface area contributed by atoms with E-state index in [0.29, 0.717) is 29.1 Å². The van der Waals surface area contributed by atoms with Crippen LogP contribution in [0.15, 0.2) is 12.1 Å². The van der Waals surface area contributed by atoms with Gasteiger partial charge in [-0.15, -0.1) is 0 Å². The van der Waals surface area contributed by atoms with Gasteiger partial charge in [0.25, 0.3) is 0 Å². The zero-order valence-corrected chi connectivity index (χ0v) is 12.8. The Morgan fingerprint density at radius 2 is 2.05 bits per heavy atom. The van der Waals surface area contributed by atoms with E-state index in [0.717, 1.165) is 24.9 Å². The molecule has 0 amide bonds. The smallest absolute Gasteiger partial charge is 0.231 e. The van der Waals surface area contributed by atoms with E-state index in [9.17, 15) is 5.11 Å². The van der Waals surface area contributed by atoms with E-state index in [2.05, 4.69) is 18.7 Å². The van der Waals surface area contributed by atoms with E-state index in [4.69, 9.17) is 21.1 Å². The van der Waals surface area contributed by atoms with Crippen LogP contribution in [-0.4, -0.2) is 36.0 Å². The highest BCUT2D eigenvalue weighted by Gasteiger charge is 2.20. The molecule has 1 aromatic rings. The fraction of sp³-hybridized carbons (Fsp3) is 0.600. The Balaban J connectivity index is 2.16. The fourth-order valence-electron chi connectivity index (χ4n) is 2.67. The maximum atomic E-state index is 9.25. The Morgan fingerprint density at radius 1 is 1.30 bits per heavy atom. The lowest BCUT2D eigenvalue weighted by Gasteiger charge is -2.30. The van der Waals surface area contributed by atoms with Crippen molar-refractivity contribution in [1.82, 2.24) is 4.90 Å². The van der Waals surface area contributed by atoms with Crippen molar-refractivity contribution >= 4 is 11.6 Å². The van der Waals surface area contributed by atoms with Gasteiger partial charge in [0, 0.05) is 19.1 Å². The van der Waals surface area contributed by atoms with Crippen LogP contribution >= 0.6 is 11.6 Å². The SMILES string of the molecule is CCC(CC)N(CCO)Cc1cc(Cl)c2c(c1)OCO2. The summed E-state index contributed by atoms with van der Waals surface area (Å²) in [7, 11) is 0. The maximum absolute atomic E-state index is 9.25. The Bertz CT molecular complexity index is 449. The highest BCUT2D eigenvalue weighted by atomic mass is 35.5. The molecule has 0 bridgehead atoms. The van der Waals surface area contributed by atoms with Crippen LogP contribution in [0.1, 0.15) is 32.3 Å². The van der Waals surface area contributed by atoms with Gasteiger partial charge in [-0.1, -0.05) is 25.4 Å². The maximum Gasteiger partial charge on any atom is 0.231 e. The van der Waals surface area contributed by atoms with Crippen LogP contribution in [0.4, 0.5) is 0 Å². The molecule has 0 saturated heterocycles. The molecule has 0 unspecified atom stereocenters. The van der Waals surface area contributed by atoms with Gasteiger partial charge < -0.3 is 14.6 Å². The Morgan fingerprint density at radius 3 is 2.70 bits per heavy atom. The molecule has 2 rings (SSSR count). The summed E-state index contributed by atoms with van der Waals surface area (Å²) in [4.78, 5) is 2.29. The van der Waals surface area contributed by atoms with Gasteiger partial charge >= 0.3 is 0 Å². The second-order valence-electron chi connectivity index (χ2n) is 4.98. The third kappa shape index (κ3) is 3.37. The van der Waals surface area contributed by atoms with Crippen molar-refractivity contribution in [3.63, 3.8) is 0 Å². The number of ether oxygens (including phenoxy) is 2. The van der Waals surface area contributed by atoms with E-state index < -0.39 is 0 Å². The van der Waals surface area contributed by atoms with Crippen molar-refractivity contribution in [2.75, 3.05) is 19.9 Å². The number of fused-ring (bicyclic) bond motifs is 1. The van der Waals surface area contributed by atoms with Gasteiger partial charge in [0.2, 0.25) is 6.79 Å². The first-order chi connectivity index (χ1) is 9.69. The molecule has 0 atom stereocenters. The topological polar surface area (TPSA) is 41.9 Å². The predicted molar refractivity (Wildman–Crippen MR) is 79.4 cm³/mol. The summed E-state index contributed by atoms with van der Waals surface area (Å²) < 4.78 is 10.7. The quantitative estimate of drug-likeness (QED) is 0.840. The molecule has 1 aliphatic heterocycles. The lowest BCUT2D eigenvalue weighted by Crippen LogP contribution is -2.36. The summed E-state index contributed by atoms with van der Waals surface area (Å²) in [6.07, 6.45) is 2.13. The number of halogens is 1. The third-order valence-corrected chi connectivity index (χ3v) is 4.00. The van der Waals surface area contributed by atoms with Gasteiger partial charge in [-0.2, -0.15) is 0 Å². The number of nitrogens with zero attached hydrogens (tertiary/aromatic N) is 1. The molecule has 112 valence electrons. The predicted octanol–water partition coefficient (Wildman–Crippen LogP) is 3.05. The second kappa shape index (κ2) is 7.16. The van der Waals surface area contributed by atoms with Crippen LogP contribution < -0.4 is 9.47 Å². The zero-order valence-electron chi connectivity index (χ0n) is 12.1. The zero-order chi connectivity index (χ0) is 14.5. The van der Waals surface area contributed by atoms with Crippen LogP contribution in [0, 0.1) is 0 Å². The van der Waals surface area contributed by atoms with Crippen LogP contribution in [0.3, 0.4) is 0 Å². The molecule has 20 heavy (non-hydrogen) atoms. The molecular weight excluding hydrogens is 278 g/mol. The number of benzene rings is 1. The Hall–Kier alpha value is -0.970. The summed E-state index contributed by atoms with van der Waals surface area (Å²) in [5.74, 6) is 1.34. The number of hydrogen-bond acceptors (Lipinski definition) is 4. The Labute approximate surface area is 125 Å². The normalized spacial score (nSPS) is 13.5. The highest BCUT2D eigenvalue weighted by Crippen LogP contribution is 2.40. The summed E-state index contributed by atoms with van der Waals surface area (Å²) in [5, 5.41) is 9.84. The molecule has 0 spiro atoms. The summed E-state index contributed by atoms with van der Waals surface area (Å²) in [6.45, 7) is 6.15. The third-order valence-electron chi connectivity index (χ3n) is 3.72. The number of aliphatic hydroxyl groups is 1. The minimum absolute atomic E-state index is 0.161. The average molecular weight is 300 g/mol. The van der Waals surface area contributed by atoms with Crippen molar-refractivity contribution in [2.24, 2.45) is 0 Å². The highest BCUT2D eigenvalue weighted by molar-refractivity contribution is 6.32. The van der Waals surface area contributed by atoms with Crippen LogP contribution in [0.25, 0.3) is 0 Å². The molecule has 1 N–H and O–H groups in total. The van der Waals surface area contributed by atoms with Crippen LogP contribution in [0.5, 0.6) is 11.5 Å².